The zero-order valence-electron chi connectivity index (χ0n) is 63.4. The van der Waals surface area contributed by atoms with Crippen LogP contribution in [0.25, 0.3) is 0 Å². The normalized spacial score (nSPS) is 16.9. The molecule has 11 rings (SSSR count). The Morgan fingerprint density at radius 3 is 0.649 bits per heavy atom. The average molecular weight is 1560 g/mol. The molecule has 6 N–H and O–H groups in total. The van der Waals surface area contributed by atoms with Crippen LogP contribution in [0.5, 0.6) is 34.5 Å². The van der Waals surface area contributed by atoms with Crippen LogP contribution in [0.3, 0.4) is 0 Å². The predicted molar refractivity (Wildman–Crippen MR) is 413 cm³/mol. The predicted octanol–water partition coefficient (Wildman–Crippen LogP) is 12.3. The number of aromatic nitrogens is 4. The van der Waals surface area contributed by atoms with Crippen molar-refractivity contribution in [3.8, 4) is 34.5 Å². The van der Waals surface area contributed by atoms with Crippen molar-refractivity contribution >= 4 is 106 Å². The summed E-state index contributed by atoms with van der Waals surface area (Å²) in [6, 6.07) is 37.8. The third-order valence-corrected chi connectivity index (χ3v) is 18.8. The molecule has 3 aliphatic carbocycles. The molecule has 0 radical (unpaired) electrons. The highest BCUT2D eigenvalue weighted by atomic mass is 16.6. The van der Waals surface area contributed by atoms with Gasteiger partial charge in [-0.25, -0.2) is 14.4 Å². The molecule has 31 nitrogen and oxygen atoms in total. The van der Waals surface area contributed by atoms with Crippen LogP contribution in [0.4, 0.5) is 35.2 Å². The molecule has 0 aliphatic heterocycles. The van der Waals surface area contributed by atoms with Gasteiger partial charge < -0.3 is 63.9 Å². The fourth-order valence-electron chi connectivity index (χ4n) is 12.3. The molecule has 0 spiro atoms. The number of benzene rings is 6. The third kappa shape index (κ3) is 25.3. The summed E-state index contributed by atoms with van der Waals surface area (Å²) < 4.78 is 46.3. The second-order valence-corrected chi connectivity index (χ2v) is 27.7. The number of hydrogen-bond donors (Lipinski definition) is 6. The fraction of sp³-hybridized carbons (Fsp3) is 0.325. The summed E-state index contributed by atoms with van der Waals surface area (Å²) in [4.78, 5) is 170. The first-order chi connectivity index (χ1) is 54.9. The van der Waals surface area contributed by atoms with Gasteiger partial charge in [-0.1, -0.05) is 20.8 Å². The molecule has 3 saturated carbocycles. The number of esters is 6. The molecule has 8 aromatic rings. The Kier molecular flexibility index (Phi) is 29.9. The molecule has 31 heteroatoms. The molecule has 2 aromatic heterocycles. The minimum absolute atomic E-state index is 0.0404. The van der Waals surface area contributed by atoms with Crippen molar-refractivity contribution < 1.29 is 100 Å². The van der Waals surface area contributed by atoms with Crippen molar-refractivity contribution in [3.63, 3.8) is 0 Å². The van der Waals surface area contributed by atoms with Crippen LogP contribution in [-0.2, 0) is 43.0 Å². The summed E-state index contributed by atoms with van der Waals surface area (Å²) in [6.07, 6.45) is 10.6. The standard InChI is InChI=1S/C49H55N5O9.C34H31N5O12/c1-29-4-10-35(11-5-29)46(58)61-38-22-16-32(17-23-38)43(55)50-41-28-42(51-44(56)33-18-24-39(25-19-33)62-47(59)36-12-6-30(2)7-13-36)53-49(52-41)54-45(57)34-20-26-40(27-21-34)63-48(60)37-14-8-31(3)9-15-37;1-46-17-28(40)49-23-10-4-20(5-11-23)31(43)35-26-16-27(36-32(44)21-6-12-24(13-7-21)50-29(41)18-47-2)38-34(37-26)39-33(45)22-8-14-25(15-9-22)51-30(42)19-48-3/h16-31,35-37H,4-15H2,1-3H3,(H3,50,51,52,53,54,55,56,57);4-16H,17-19H2,1-3H3,(H3,35,36,37,38,39,43,44,45). The van der Waals surface area contributed by atoms with Gasteiger partial charge in [-0.2, -0.15) is 19.9 Å². The third-order valence-electron chi connectivity index (χ3n) is 18.8. The van der Waals surface area contributed by atoms with Crippen LogP contribution in [0.15, 0.2) is 158 Å². The number of rotatable bonds is 27. The highest BCUT2D eigenvalue weighted by Crippen LogP contribution is 2.34. The van der Waals surface area contributed by atoms with E-state index in [-0.39, 0.29) is 141 Å². The topological polar surface area (TPSA) is 412 Å². The van der Waals surface area contributed by atoms with Gasteiger partial charge in [0.1, 0.15) is 77.6 Å². The maximum absolute atomic E-state index is 13.5. The van der Waals surface area contributed by atoms with E-state index in [1.165, 1.54) is 155 Å². The van der Waals surface area contributed by atoms with E-state index in [1.807, 2.05) is 0 Å². The van der Waals surface area contributed by atoms with Crippen LogP contribution in [0.2, 0.25) is 0 Å². The Labute approximate surface area is 655 Å². The largest absolute Gasteiger partial charge is 0.426 e. The summed E-state index contributed by atoms with van der Waals surface area (Å²) in [5.41, 5.74) is 1.13. The molecule has 6 amide bonds. The van der Waals surface area contributed by atoms with Crippen molar-refractivity contribution in [3.05, 3.63) is 191 Å². The molecule has 114 heavy (non-hydrogen) atoms. The van der Waals surface area contributed by atoms with Crippen LogP contribution in [-0.4, -0.2) is 132 Å². The summed E-state index contributed by atoms with van der Waals surface area (Å²) in [5.74, 6) is -4.31. The lowest BCUT2D eigenvalue weighted by atomic mass is 9.83. The van der Waals surface area contributed by atoms with Gasteiger partial charge >= 0.3 is 35.8 Å². The summed E-state index contributed by atoms with van der Waals surface area (Å²) in [6.45, 7) is 5.79. The Morgan fingerprint density at radius 2 is 0.456 bits per heavy atom. The number of carbonyl (C=O) groups excluding carboxylic acids is 12. The molecule has 3 fully saturated rings. The van der Waals surface area contributed by atoms with Gasteiger partial charge in [-0.15, -0.1) is 0 Å². The van der Waals surface area contributed by atoms with Crippen molar-refractivity contribution in [2.24, 2.45) is 35.5 Å². The van der Waals surface area contributed by atoms with Gasteiger partial charge in [0.05, 0.1) is 17.8 Å². The van der Waals surface area contributed by atoms with Gasteiger partial charge in [0.2, 0.25) is 11.9 Å². The minimum atomic E-state index is -0.664. The van der Waals surface area contributed by atoms with E-state index in [1.54, 1.807) is 24.3 Å². The lowest BCUT2D eigenvalue weighted by Crippen LogP contribution is -2.25. The summed E-state index contributed by atoms with van der Waals surface area (Å²) in [7, 11) is 4.04. The zero-order chi connectivity index (χ0) is 81.2. The Bertz CT molecular complexity index is 4260. The maximum atomic E-state index is 13.5. The Hall–Kier alpha value is -13.0. The van der Waals surface area contributed by atoms with Crippen molar-refractivity contribution in [1.29, 1.82) is 0 Å². The first kappa shape index (κ1) is 83.5. The summed E-state index contributed by atoms with van der Waals surface area (Å²) >= 11 is 0. The molecular formula is C83H86N10O21. The van der Waals surface area contributed by atoms with Crippen LogP contribution >= 0.6 is 0 Å². The highest BCUT2D eigenvalue weighted by Gasteiger charge is 2.30. The SMILES string of the molecule is CC1CCC(C(=O)Oc2ccc(C(=O)Nc3cc(NC(=O)c4ccc(OC(=O)C5CCC(C)CC5)cc4)nc(NC(=O)c4ccc(OC(=O)C5CCC(C)CC5)cc4)n3)cc2)CC1.COCC(=O)Oc1ccc(C(=O)Nc2cc(NC(=O)c3ccc(OC(=O)COC)cc3)nc(NC(=O)c3ccc(OC(=O)COC)cc3)n2)cc1. The van der Waals surface area contributed by atoms with Gasteiger partial charge in [0.25, 0.3) is 35.4 Å². The highest BCUT2D eigenvalue weighted by molar-refractivity contribution is 6.09. The second kappa shape index (κ2) is 40.8. The average Bonchev–Trinajstić information content (AvgIpc) is 0.830. The van der Waals surface area contributed by atoms with Crippen molar-refractivity contribution in [2.45, 2.75) is 97.8 Å². The van der Waals surface area contributed by atoms with E-state index in [0.717, 1.165) is 77.0 Å². The minimum Gasteiger partial charge on any atom is -0.426 e. The van der Waals surface area contributed by atoms with Crippen molar-refractivity contribution in [1.82, 2.24) is 19.9 Å². The van der Waals surface area contributed by atoms with Gasteiger partial charge in [0.15, 0.2) is 0 Å². The lowest BCUT2D eigenvalue weighted by molar-refractivity contribution is -0.141. The molecule has 0 atom stereocenters. The molecule has 6 aromatic carbocycles. The first-order valence-electron chi connectivity index (χ1n) is 36.9. The van der Waals surface area contributed by atoms with E-state index >= 15 is 0 Å². The van der Waals surface area contributed by atoms with E-state index in [2.05, 4.69) is 72.6 Å². The van der Waals surface area contributed by atoms with Crippen LogP contribution in [0, 0.1) is 35.5 Å². The van der Waals surface area contributed by atoms with E-state index in [0.29, 0.717) is 35.0 Å². The van der Waals surface area contributed by atoms with E-state index < -0.39 is 53.4 Å². The fourth-order valence-corrected chi connectivity index (χ4v) is 12.3. The maximum Gasteiger partial charge on any atom is 0.337 e. The monoisotopic (exact) mass is 1560 g/mol. The Morgan fingerprint density at radius 1 is 0.272 bits per heavy atom. The van der Waals surface area contributed by atoms with E-state index in [4.69, 9.17) is 42.6 Å². The van der Waals surface area contributed by atoms with Gasteiger partial charge in [-0.3, -0.25) is 53.8 Å². The van der Waals surface area contributed by atoms with Gasteiger partial charge in [-0.05, 0) is 240 Å². The number of hydrogen-bond acceptors (Lipinski definition) is 25. The summed E-state index contributed by atoms with van der Waals surface area (Å²) in [5, 5.41) is 15.7. The molecule has 0 bridgehead atoms. The molecule has 2 heterocycles. The molecule has 0 saturated heterocycles. The zero-order valence-corrected chi connectivity index (χ0v) is 63.4. The number of anilines is 6. The lowest BCUT2D eigenvalue weighted by Gasteiger charge is -2.24. The molecule has 3 aliphatic rings. The second-order valence-electron chi connectivity index (χ2n) is 27.7. The number of amides is 6. The Balaban J connectivity index is 0.000000247. The quantitative estimate of drug-likeness (QED) is 0.0206. The molecule has 0 unspecified atom stereocenters. The van der Waals surface area contributed by atoms with Crippen LogP contribution < -0.4 is 60.3 Å². The molecular weight excluding hydrogens is 1470 g/mol. The van der Waals surface area contributed by atoms with Gasteiger partial charge in [0, 0.05) is 66.8 Å². The van der Waals surface area contributed by atoms with Crippen LogP contribution in [0.1, 0.15) is 160 Å². The van der Waals surface area contributed by atoms with Crippen molar-refractivity contribution in [2.75, 3.05) is 73.1 Å². The van der Waals surface area contributed by atoms with E-state index in [9.17, 15) is 57.5 Å². The number of ether oxygens (including phenoxy) is 9. The number of nitrogens with zero attached hydrogens (tertiary/aromatic N) is 4. The number of carbonyl (C=O) groups is 12. The smallest absolute Gasteiger partial charge is 0.337 e. The molecule has 594 valence electrons. The first-order valence-corrected chi connectivity index (χ1v) is 36.9. The number of nitrogens with one attached hydrogen (secondary N) is 6. The number of methoxy groups -OCH3 is 3.